The van der Waals surface area contributed by atoms with Crippen molar-refractivity contribution < 1.29 is 9.53 Å². The van der Waals surface area contributed by atoms with Crippen LogP contribution in [-0.4, -0.2) is 31.2 Å². The van der Waals surface area contributed by atoms with Gasteiger partial charge in [0.1, 0.15) is 0 Å². The van der Waals surface area contributed by atoms with Gasteiger partial charge in [-0.3, -0.25) is 0 Å². The van der Waals surface area contributed by atoms with Crippen molar-refractivity contribution in [2.24, 2.45) is 0 Å². The zero-order valence-corrected chi connectivity index (χ0v) is 11.2. The van der Waals surface area contributed by atoms with Crippen molar-refractivity contribution in [1.29, 1.82) is 5.26 Å². The minimum atomic E-state index is -0.425. The average Bonchev–Trinajstić information content (AvgIpc) is 2.69. The Morgan fingerprint density at radius 2 is 2.35 bits per heavy atom. The van der Waals surface area contributed by atoms with E-state index < -0.39 is 5.97 Å². The molecule has 0 aliphatic heterocycles. The highest BCUT2D eigenvalue weighted by molar-refractivity contribution is 7.15. The van der Waals surface area contributed by atoms with Crippen LogP contribution >= 0.6 is 11.3 Å². The summed E-state index contributed by atoms with van der Waals surface area (Å²) in [7, 11) is 3.20. The van der Waals surface area contributed by atoms with Gasteiger partial charge < -0.3 is 9.64 Å². The van der Waals surface area contributed by atoms with Gasteiger partial charge >= 0.3 is 5.97 Å². The average molecular weight is 253 g/mol. The van der Waals surface area contributed by atoms with E-state index in [0.29, 0.717) is 12.1 Å². The molecular weight excluding hydrogens is 238 g/mol. The molecule has 0 saturated heterocycles. The molecular formula is C11H15N3O2S. The molecule has 0 bridgehead atoms. The fraction of sp³-hybridized carbons (Fsp3) is 0.545. The molecule has 1 aromatic rings. The highest BCUT2D eigenvalue weighted by atomic mass is 32.1. The lowest BCUT2D eigenvalue weighted by atomic mass is 10.2. The van der Waals surface area contributed by atoms with E-state index >= 15 is 0 Å². The van der Waals surface area contributed by atoms with Gasteiger partial charge in [-0.05, 0) is 13.8 Å². The van der Waals surface area contributed by atoms with E-state index in [9.17, 15) is 4.79 Å². The molecule has 0 aliphatic rings. The second-order valence-corrected chi connectivity index (χ2v) is 4.90. The number of methoxy groups -OCH3 is 1. The van der Waals surface area contributed by atoms with Gasteiger partial charge in [0.15, 0.2) is 10.8 Å². The zero-order chi connectivity index (χ0) is 13.0. The van der Waals surface area contributed by atoms with E-state index in [4.69, 9.17) is 5.26 Å². The summed E-state index contributed by atoms with van der Waals surface area (Å²) in [6, 6.07) is 2.18. The number of hydrogen-bond donors (Lipinski definition) is 0. The number of aryl methyl sites for hydroxylation is 1. The van der Waals surface area contributed by atoms with Gasteiger partial charge in [-0.2, -0.15) is 5.26 Å². The van der Waals surface area contributed by atoms with Crippen molar-refractivity contribution in [1.82, 2.24) is 4.98 Å². The summed E-state index contributed by atoms with van der Waals surface area (Å²) >= 11 is 1.42. The normalized spacial score (nSPS) is 11.7. The van der Waals surface area contributed by atoms with Gasteiger partial charge in [0.2, 0.25) is 0 Å². The van der Waals surface area contributed by atoms with Crippen molar-refractivity contribution in [3.05, 3.63) is 10.6 Å². The van der Waals surface area contributed by atoms with Gasteiger partial charge in [-0.15, -0.1) is 11.3 Å². The molecule has 0 amide bonds. The molecule has 17 heavy (non-hydrogen) atoms. The van der Waals surface area contributed by atoms with Crippen LogP contribution in [-0.2, 0) is 4.74 Å². The molecule has 1 aromatic heterocycles. The number of thiazole rings is 1. The Balaban J connectivity index is 2.94. The second-order valence-electron chi connectivity index (χ2n) is 3.71. The van der Waals surface area contributed by atoms with Crippen LogP contribution in [0.25, 0.3) is 0 Å². The molecule has 0 aromatic carbocycles. The molecule has 1 atom stereocenters. The minimum Gasteiger partial charge on any atom is -0.464 e. The number of nitrogens with zero attached hydrogens (tertiary/aromatic N) is 3. The monoisotopic (exact) mass is 253 g/mol. The molecule has 92 valence electrons. The van der Waals surface area contributed by atoms with Crippen LogP contribution in [0.4, 0.5) is 5.13 Å². The first kappa shape index (κ1) is 13.5. The van der Waals surface area contributed by atoms with Crippen molar-refractivity contribution >= 4 is 22.4 Å². The smallest absolute Gasteiger partial charge is 0.357 e. The van der Waals surface area contributed by atoms with Crippen molar-refractivity contribution in [3.63, 3.8) is 0 Å². The van der Waals surface area contributed by atoms with Gasteiger partial charge in [0.25, 0.3) is 0 Å². The van der Waals surface area contributed by atoms with Gasteiger partial charge in [0.05, 0.1) is 19.6 Å². The highest BCUT2D eigenvalue weighted by Gasteiger charge is 2.19. The topological polar surface area (TPSA) is 66.2 Å². The predicted molar refractivity (Wildman–Crippen MR) is 66.3 cm³/mol. The highest BCUT2D eigenvalue weighted by Crippen LogP contribution is 2.26. The second kappa shape index (κ2) is 5.64. The van der Waals surface area contributed by atoms with E-state index in [2.05, 4.69) is 15.8 Å². The maximum atomic E-state index is 11.4. The number of hydrogen-bond acceptors (Lipinski definition) is 6. The first-order chi connectivity index (χ1) is 8.01. The molecule has 0 radical (unpaired) electrons. The lowest BCUT2D eigenvalue weighted by Crippen LogP contribution is -2.28. The number of nitriles is 1. The van der Waals surface area contributed by atoms with E-state index in [1.165, 1.54) is 18.4 Å². The first-order valence-corrected chi connectivity index (χ1v) is 5.98. The van der Waals surface area contributed by atoms with Crippen LogP contribution in [0, 0.1) is 18.3 Å². The molecule has 1 rings (SSSR count). The van der Waals surface area contributed by atoms with Crippen LogP contribution < -0.4 is 4.90 Å². The molecule has 0 fully saturated rings. The lowest BCUT2D eigenvalue weighted by molar-refractivity contribution is 0.0594. The summed E-state index contributed by atoms with van der Waals surface area (Å²) in [5.74, 6) is -0.425. The Labute approximate surface area is 105 Å². The summed E-state index contributed by atoms with van der Waals surface area (Å²) in [5, 5.41) is 9.38. The summed E-state index contributed by atoms with van der Waals surface area (Å²) in [5.41, 5.74) is 0.350. The molecule has 1 heterocycles. The third-order valence-corrected chi connectivity index (χ3v) is 3.58. The SMILES string of the molecule is COC(=O)c1nc(N(C)C(C)CC#N)sc1C. The zero-order valence-electron chi connectivity index (χ0n) is 10.4. The molecule has 0 N–H and O–H groups in total. The Morgan fingerprint density at radius 3 is 2.88 bits per heavy atom. The maximum absolute atomic E-state index is 11.4. The summed E-state index contributed by atoms with van der Waals surface area (Å²) in [6.45, 7) is 3.77. The van der Waals surface area contributed by atoms with E-state index in [0.717, 1.165) is 10.0 Å². The van der Waals surface area contributed by atoms with Crippen LogP contribution in [0.5, 0.6) is 0 Å². The van der Waals surface area contributed by atoms with Crippen LogP contribution in [0.1, 0.15) is 28.7 Å². The van der Waals surface area contributed by atoms with Gasteiger partial charge in [-0.25, -0.2) is 9.78 Å². The molecule has 6 heteroatoms. The van der Waals surface area contributed by atoms with Crippen molar-refractivity contribution in [2.75, 3.05) is 19.1 Å². The van der Waals surface area contributed by atoms with Crippen LogP contribution in [0.3, 0.4) is 0 Å². The van der Waals surface area contributed by atoms with E-state index in [-0.39, 0.29) is 6.04 Å². The predicted octanol–water partition coefficient (Wildman–Crippen LogP) is 1.98. The quantitative estimate of drug-likeness (QED) is 0.767. The van der Waals surface area contributed by atoms with Crippen LogP contribution in [0.15, 0.2) is 0 Å². The fourth-order valence-corrected chi connectivity index (χ4v) is 2.24. The number of carbonyl (C=O) groups excluding carboxylic acids is 1. The third kappa shape index (κ3) is 2.94. The van der Waals surface area contributed by atoms with E-state index in [1.807, 2.05) is 25.8 Å². The number of ether oxygens (including phenoxy) is 1. The molecule has 1 unspecified atom stereocenters. The Morgan fingerprint density at radius 1 is 1.71 bits per heavy atom. The maximum Gasteiger partial charge on any atom is 0.357 e. The summed E-state index contributed by atoms with van der Waals surface area (Å²) in [4.78, 5) is 18.4. The number of anilines is 1. The molecule has 0 spiro atoms. The number of esters is 1. The first-order valence-electron chi connectivity index (χ1n) is 5.16. The molecule has 0 aliphatic carbocycles. The fourth-order valence-electron chi connectivity index (χ4n) is 1.28. The standard InChI is InChI=1S/C11H15N3O2S/c1-7(5-6-12)14(3)11-13-9(8(2)17-11)10(15)16-4/h7H,5H2,1-4H3. The number of aromatic nitrogens is 1. The largest absolute Gasteiger partial charge is 0.464 e. The number of rotatable bonds is 4. The van der Waals surface area contributed by atoms with Crippen molar-refractivity contribution in [3.8, 4) is 6.07 Å². The molecule has 0 saturated carbocycles. The summed E-state index contributed by atoms with van der Waals surface area (Å²) in [6.07, 6.45) is 0.419. The van der Waals surface area contributed by atoms with Crippen LogP contribution in [0.2, 0.25) is 0 Å². The van der Waals surface area contributed by atoms with E-state index in [1.54, 1.807) is 0 Å². The Hall–Kier alpha value is -1.61. The molecule has 5 nitrogen and oxygen atoms in total. The van der Waals surface area contributed by atoms with Crippen molar-refractivity contribution in [2.45, 2.75) is 26.3 Å². The minimum absolute atomic E-state index is 0.0658. The van der Waals surface area contributed by atoms with Gasteiger partial charge in [0, 0.05) is 18.0 Å². The Bertz CT molecular complexity index is 450. The third-order valence-electron chi connectivity index (χ3n) is 2.51. The summed E-state index contributed by atoms with van der Waals surface area (Å²) < 4.78 is 4.65. The van der Waals surface area contributed by atoms with Gasteiger partial charge in [-0.1, -0.05) is 0 Å². The lowest BCUT2D eigenvalue weighted by Gasteiger charge is -2.21. The Kier molecular flexibility index (Phi) is 4.46. The number of carbonyl (C=O) groups is 1.